The molecule has 0 N–H and O–H groups in total. The average molecular weight is 456 g/mol. The van der Waals surface area contributed by atoms with Gasteiger partial charge in [-0.1, -0.05) is 72.8 Å². The first-order valence-corrected chi connectivity index (χ1v) is 12.2. The molecule has 0 saturated carbocycles. The Morgan fingerprint density at radius 2 is 1.30 bits per heavy atom. The summed E-state index contributed by atoms with van der Waals surface area (Å²) in [6, 6.07) is 25.7. The van der Waals surface area contributed by atoms with E-state index in [9.17, 15) is 17.8 Å². The molecule has 0 aliphatic heterocycles. The lowest BCUT2D eigenvalue weighted by Crippen LogP contribution is -2.38. The first-order chi connectivity index (χ1) is 15.9. The lowest BCUT2D eigenvalue weighted by atomic mass is 9.59. The molecule has 5 nitrogen and oxygen atoms in total. The lowest BCUT2D eigenvalue weighted by Gasteiger charge is -2.44. The third-order valence-electron chi connectivity index (χ3n) is 6.93. The third kappa shape index (κ3) is 3.09. The number of carbonyl (C=O) groups excluding carboxylic acids is 1. The van der Waals surface area contributed by atoms with Crippen LogP contribution in [0.1, 0.15) is 40.5 Å². The highest BCUT2D eigenvalue weighted by atomic mass is 32.2. The molecule has 1 atom stereocenters. The van der Waals surface area contributed by atoms with Crippen LogP contribution in [0.4, 0.5) is 0 Å². The van der Waals surface area contributed by atoms with E-state index < -0.39 is 10.1 Å². The summed E-state index contributed by atoms with van der Waals surface area (Å²) < 4.78 is 40.9. The Morgan fingerprint density at radius 1 is 0.758 bits per heavy atom. The number of hydrogen-bond acceptors (Lipinski definition) is 5. The van der Waals surface area contributed by atoms with Gasteiger partial charge in [-0.25, -0.2) is 8.42 Å². The zero-order valence-electron chi connectivity index (χ0n) is 17.5. The molecule has 4 aromatic rings. The second kappa shape index (κ2) is 7.27. The molecular formula is C27H19O5S-. The highest BCUT2D eigenvalue weighted by molar-refractivity contribution is 7.86. The van der Waals surface area contributed by atoms with Crippen LogP contribution < -0.4 is 4.74 Å². The number of esters is 1. The minimum Gasteiger partial charge on any atom is -0.744 e. The van der Waals surface area contributed by atoms with Gasteiger partial charge in [0.1, 0.15) is 15.9 Å². The quantitative estimate of drug-likeness (QED) is 0.248. The van der Waals surface area contributed by atoms with Gasteiger partial charge in [-0.2, -0.15) is 0 Å². The molecule has 0 heterocycles. The van der Waals surface area contributed by atoms with Gasteiger partial charge in [0.2, 0.25) is 0 Å². The van der Waals surface area contributed by atoms with Crippen molar-refractivity contribution >= 4 is 26.9 Å². The number of carbonyl (C=O) groups is 1. The van der Waals surface area contributed by atoms with Gasteiger partial charge in [0.05, 0.1) is 10.8 Å². The van der Waals surface area contributed by atoms with E-state index in [2.05, 4.69) is 24.3 Å². The first kappa shape index (κ1) is 20.1. The average Bonchev–Trinajstić information content (AvgIpc) is 2.83. The van der Waals surface area contributed by atoms with Crippen LogP contribution >= 0.6 is 0 Å². The number of fused-ring (bicyclic) bond motifs is 2. The molecule has 7 rings (SSSR count). The van der Waals surface area contributed by atoms with Gasteiger partial charge in [-0.05, 0) is 40.8 Å². The predicted octanol–water partition coefficient (Wildman–Crippen LogP) is 4.95. The summed E-state index contributed by atoms with van der Waals surface area (Å²) >= 11 is 0. The predicted molar refractivity (Wildman–Crippen MR) is 122 cm³/mol. The standard InChI is InChI=1S/C27H20O5S/c28-27(32-24-13-14-25(33(29,30)31)19-10-4-3-9-18(19)24)23-15-22-16-7-1-5-11-20(16)26(23)21-12-6-2-8-17(21)22/h1-14,22-23,26H,15H2,(H,29,30,31)/p-1. The van der Waals surface area contributed by atoms with E-state index in [0.717, 1.165) is 11.1 Å². The molecule has 6 heteroatoms. The molecule has 0 saturated heterocycles. The maximum absolute atomic E-state index is 13.5. The SMILES string of the molecule is O=C(Oc1ccc(S(=O)(=O)[O-])c2ccccc12)C1CC2c3ccccc3C1c1ccccc12. The summed E-state index contributed by atoms with van der Waals surface area (Å²) in [6.07, 6.45) is 0.655. The van der Waals surface area contributed by atoms with E-state index in [1.165, 1.54) is 23.3 Å². The van der Waals surface area contributed by atoms with Crippen LogP contribution in [0.15, 0.2) is 89.8 Å². The fraction of sp³-hybridized carbons (Fsp3) is 0.148. The fourth-order valence-electron chi connectivity index (χ4n) is 5.60. The van der Waals surface area contributed by atoms with E-state index in [0.29, 0.717) is 11.8 Å². The van der Waals surface area contributed by atoms with Crippen LogP contribution in [0.3, 0.4) is 0 Å². The van der Waals surface area contributed by atoms with Crippen LogP contribution in [-0.2, 0) is 14.9 Å². The van der Waals surface area contributed by atoms with E-state index >= 15 is 0 Å². The molecule has 3 aliphatic rings. The highest BCUT2D eigenvalue weighted by Crippen LogP contribution is 2.55. The largest absolute Gasteiger partial charge is 0.744 e. The van der Waals surface area contributed by atoms with Crippen LogP contribution in [0.5, 0.6) is 5.75 Å². The summed E-state index contributed by atoms with van der Waals surface area (Å²) in [6.45, 7) is 0. The Bertz CT molecular complexity index is 1490. The van der Waals surface area contributed by atoms with Gasteiger partial charge in [0, 0.05) is 22.6 Å². The third-order valence-corrected chi connectivity index (χ3v) is 7.83. The van der Waals surface area contributed by atoms with Crippen molar-refractivity contribution in [2.75, 3.05) is 0 Å². The van der Waals surface area contributed by atoms with Crippen molar-refractivity contribution in [1.82, 2.24) is 0 Å². The zero-order valence-corrected chi connectivity index (χ0v) is 18.3. The normalized spacial score (nSPS) is 20.8. The van der Waals surface area contributed by atoms with Crippen molar-refractivity contribution in [1.29, 1.82) is 0 Å². The summed E-state index contributed by atoms with van der Waals surface area (Å²) in [5, 5.41) is 0.670. The van der Waals surface area contributed by atoms with Crippen molar-refractivity contribution < 1.29 is 22.5 Å². The van der Waals surface area contributed by atoms with Crippen molar-refractivity contribution in [2.45, 2.75) is 23.2 Å². The maximum atomic E-state index is 13.5. The van der Waals surface area contributed by atoms with E-state index in [1.807, 2.05) is 24.3 Å². The summed E-state index contributed by atoms with van der Waals surface area (Å²) in [5.41, 5.74) is 4.85. The molecule has 0 radical (unpaired) electrons. The highest BCUT2D eigenvalue weighted by Gasteiger charge is 2.46. The molecule has 0 amide bonds. The van der Waals surface area contributed by atoms with E-state index in [1.54, 1.807) is 24.3 Å². The smallest absolute Gasteiger partial charge is 0.315 e. The number of benzene rings is 4. The minimum atomic E-state index is -4.66. The molecule has 164 valence electrons. The summed E-state index contributed by atoms with van der Waals surface area (Å²) in [5.74, 6) is -0.420. The molecule has 2 bridgehead atoms. The van der Waals surface area contributed by atoms with E-state index in [-0.39, 0.29) is 39.8 Å². The Hall–Kier alpha value is -3.48. The van der Waals surface area contributed by atoms with Gasteiger partial charge in [-0.15, -0.1) is 0 Å². The maximum Gasteiger partial charge on any atom is 0.315 e. The monoisotopic (exact) mass is 455 g/mol. The van der Waals surface area contributed by atoms with Crippen LogP contribution in [0.2, 0.25) is 0 Å². The zero-order chi connectivity index (χ0) is 22.7. The number of hydrogen-bond donors (Lipinski definition) is 0. The molecule has 0 spiro atoms. The summed E-state index contributed by atoms with van der Waals surface area (Å²) in [7, 11) is -4.66. The molecular weight excluding hydrogens is 436 g/mol. The van der Waals surface area contributed by atoms with Crippen molar-refractivity contribution in [3.8, 4) is 5.75 Å². The Morgan fingerprint density at radius 3 is 1.91 bits per heavy atom. The van der Waals surface area contributed by atoms with Gasteiger partial charge in [-0.3, -0.25) is 4.79 Å². The molecule has 0 aromatic heterocycles. The van der Waals surface area contributed by atoms with E-state index in [4.69, 9.17) is 4.74 Å². The molecule has 33 heavy (non-hydrogen) atoms. The topological polar surface area (TPSA) is 83.5 Å². The lowest BCUT2D eigenvalue weighted by molar-refractivity contribution is -0.140. The Kier molecular flexibility index (Phi) is 4.44. The Balaban J connectivity index is 1.41. The minimum absolute atomic E-state index is 0.0949. The fourth-order valence-corrected chi connectivity index (χ4v) is 6.28. The second-order valence-electron chi connectivity index (χ2n) is 8.61. The van der Waals surface area contributed by atoms with Crippen LogP contribution in [0, 0.1) is 5.92 Å². The van der Waals surface area contributed by atoms with Crippen LogP contribution in [0.25, 0.3) is 10.8 Å². The van der Waals surface area contributed by atoms with Gasteiger partial charge in [0.15, 0.2) is 0 Å². The molecule has 0 fully saturated rings. The van der Waals surface area contributed by atoms with Crippen LogP contribution in [-0.4, -0.2) is 18.9 Å². The van der Waals surface area contributed by atoms with Crippen molar-refractivity contribution in [2.24, 2.45) is 5.92 Å². The molecule has 4 aromatic carbocycles. The Labute approximate surface area is 191 Å². The van der Waals surface area contributed by atoms with Gasteiger partial charge < -0.3 is 9.29 Å². The number of rotatable bonds is 3. The van der Waals surface area contributed by atoms with Crippen molar-refractivity contribution in [3.63, 3.8) is 0 Å². The van der Waals surface area contributed by atoms with Gasteiger partial charge in [0.25, 0.3) is 0 Å². The van der Waals surface area contributed by atoms with Crippen molar-refractivity contribution in [3.05, 3.63) is 107 Å². The second-order valence-corrected chi connectivity index (χ2v) is 9.96. The first-order valence-electron chi connectivity index (χ1n) is 10.8. The molecule has 3 aliphatic carbocycles. The molecule has 1 unspecified atom stereocenters. The number of ether oxygens (including phenoxy) is 1. The van der Waals surface area contributed by atoms with Gasteiger partial charge >= 0.3 is 5.97 Å². The summed E-state index contributed by atoms with van der Waals surface area (Å²) in [4.78, 5) is 13.2.